The van der Waals surface area contributed by atoms with Crippen molar-refractivity contribution in [3.8, 4) is 0 Å². The molecular formula is C12H21NO2. The van der Waals surface area contributed by atoms with Crippen molar-refractivity contribution in [3.63, 3.8) is 0 Å². The molecule has 0 aromatic rings. The summed E-state index contributed by atoms with van der Waals surface area (Å²) in [6.07, 6.45) is 6.19. The second-order valence-corrected chi connectivity index (χ2v) is 5.14. The van der Waals surface area contributed by atoms with Gasteiger partial charge >= 0.3 is 5.97 Å². The highest BCUT2D eigenvalue weighted by Gasteiger charge is 2.39. The van der Waals surface area contributed by atoms with Crippen LogP contribution in [0, 0.1) is 17.8 Å². The van der Waals surface area contributed by atoms with E-state index >= 15 is 0 Å². The predicted octanol–water partition coefficient (Wildman–Crippen LogP) is 1.88. The number of hydrogen-bond acceptors (Lipinski definition) is 2. The van der Waals surface area contributed by atoms with Gasteiger partial charge in [-0.1, -0.05) is 13.3 Å². The first-order chi connectivity index (χ1) is 7.20. The molecule has 15 heavy (non-hydrogen) atoms. The normalized spacial score (nSPS) is 35.7. The summed E-state index contributed by atoms with van der Waals surface area (Å²) in [6, 6.07) is -0.343. The molecule has 3 nitrogen and oxygen atoms in total. The molecule has 86 valence electrons. The van der Waals surface area contributed by atoms with E-state index in [1.165, 1.54) is 25.7 Å². The van der Waals surface area contributed by atoms with Gasteiger partial charge in [-0.2, -0.15) is 0 Å². The number of carboxylic acids is 1. The van der Waals surface area contributed by atoms with Crippen molar-refractivity contribution in [1.82, 2.24) is 5.32 Å². The summed E-state index contributed by atoms with van der Waals surface area (Å²) in [6.45, 7) is 2.83. The van der Waals surface area contributed by atoms with Gasteiger partial charge in [-0.3, -0.25) is 4.79 Å². The molecule has 0 aromatic heterocycles. The van der Waals surface area contributed by atoms with Crippen LogP contribution in [0.4, 0.5) is 0 Å². The minimum absolute atomic E-state index is 0.343. The maximum absolute atomic E-state index is 10.8. The van der Waals surface area contributed by atoms with Crippen LogP contribution in [0.25, 0.3) is 0 Å². The minimum atomic E-state index is -0.708. The Kier molecular flexibility index (Phi) is 3.29. The lowest BCUT2D eigenvalue weighted by Gasteiger charge is -2.23. The Bertz CT molecular complexity index is 242. The average Bonchev–Trinajstić information content (AvgIpc) is 2.79. The van der Waals surface area contributed by atoms with E-state index < -0.39 is 5.97 Å². The predicted molar refractivity (Wildman–Crippen MR) is 58.7 cm³/mol. The summed E-state index contributed by atoms with van der Waals surface area (Å²) in [7, 11) is 0. The molecule has 0 heterocycles. The van der Waals surface area contributed by atoms with Gasteiger partial charge in [0.15, 0.2) is 0 Å². The van der Waals surface area contributed by atoms with Gasteiger partial charge in [0.25, 0.3) is 0 Å². The molecule has 2 aliphatic carbocycles. The number of aliphatic carboxylic acids is 1. The number of rotatable bonds is 5. The fraction of sp³-hybridized carbons (Fsp3) is 0.917. The fourth-order valence-corrected chi connectivity index (χ4v) is 3.33. The zero-order valence-electron chi connectivity index (χ0n) is 9.41. The minimum Gasteiger partial charge on any atom is -0.480 e. The molecule has 2 fully saturated rings. The zero-order valence-corrected chi connectivity index (χ0v) is 9.41. The summed E-state index contributed by atoms with van der Waals surface area (Å²) < 4.78 is 0. The van der Waals surface area contributed by atoms with E-state index in [9.17, 15) is 4.79 Å². The second-order valence-electron chi connectivity index (χ2n) is 5.14. The highest BCUT2D eigenvalue weighted by atomic mass is 16.4. The third kappa shape index (κ3) is 2.33. The molecule has 4 atom stereocenters. The third-order valence-electron chi connectivity index (χ3n) is 4.22. The summed E-state index contributed by atoms with van der Waals surface area (Å²) in [4.78, 5) is 10.8. The van der Waals surface area contributed by atoms with E-state index in [1.807, 2.05) is 6.92 Å². The first kappa shape index (κ1) is 10.9. The van der Waals surface area contributed by atoms with Gasteiger partial charge in [0.05, 0.1) is 0 Å². The number of nitrogens with one attached hydrogen (secondary N) is 1. The van der Waals surface area contributed by atoms with Gasteiger partial charge in [-0.25, -0.2) is 0 Å². The van der Waals surface area contributed by atoms with Crippen molar-refractivity contribution in [2.75, 3.05) is 6.54 Å². The SMILES string of the molecule is CCC(NCC1CC2CCC1C2)C(=O)O. The number of carbonyl (C=O) groups is 1. The van der Waals surface area contributed by atoms with Gasteiger partial charge in [-0.15, -0.1) is 0 Å². The monoisotopic (exact) mass is 211 g/mol. The molecular weight excluding hydrogens is 190 g/mol. The average molecular weight is 211 g/mol. The van der Waals surface area contributed by atoms with Crippen LogP contribution in [-0.2, 0) is 4.79 Å². The zero-order chi connectivity index (χ0) is 10.8. The van der Waals surface area contributed by atoms with Crippen LogP contribution in [0.1, 0.15) is 39.0 Å². The van der Waals surface area contributed by atoms with Gasteiger partial charge < -0.3 is 10.4 Å². The van der Waals surface area contributed by atoms with E-state index in [1.54, 1.807) is 0 Å². The van der Waals surface area contributed by atoms with Crippen molar-refractivity contribution in [2.24, 2.45) is 17.8 Å². The van der Waals surface area contributed by atoms with Crippen molar-refractivity contribution >= 4 is 5.97 Å². The van der Waals surface area contributed by atoms with Gasteiger partial charge in [0, 0.05) is 0 Å². The number of hydrogen-bond donors (Lipinski definition) is 2. The Balaban J connectivity index is 1.76. The summed E-state index contributed by atoms with van der Waals surface area (Å²) in [5, 5.41) is 12.1. The van der Waals surface area contributed by atoms with E-state index in [-0.39, 0.29) is 6.04 Å². The highest BCUT2D eigenvalue weighted by Crippen LogP contribution is 2.47. The highest BCUT2D eigenvalue weighted by molar-refractivity contribution is 5.73. The van der Waals surface area contributed by atoms with Crippen LogP contribution in [0.5, 0.6) is 0 Å². The lowest BCUT2D eigenvalue weighted by Crippen LogP contribution is -2.39. The number of fused-ring (bicyclic) bond motifs is 2. The Morgan fingerprint density at radius 1 is 1.47 bits per heavy atom. The van der Waals surface area contributed by atoms with Gasteiger partial charge in [0.1, 0.15) is 6.04 Å². The first-order valence-electron chi connectivity index (χ1n) is 6.17. The first-order valence-corrected chi connectivity index (χ1v) is 6.17. The Morgan fingerprint density at radius 3 is 2.73 bits per heavy atom. The van der Waals surface area contributed by atoms with Crippen LogP contribution >= 0.6 is 0 Å². The van der Waals surface area contributed by atoms with Crippen LogP contribution in [-0.4, -0.2) is 23.7 Å². The summed E-state index contributed by atoms with van der Waals surface area (Å²) >= 11 is 0. The molecule has 0 spiro atoms. The molecule has 0 radical (unpaired) electrons. The van der Waals surface area contributed by atoms with Crippen LogP contribution in [0.15, 0.2) is 0 Å². The Labute approximate surface area is 91.2 Å². The number of carboxylic acid groups (broad SMARTS) is 1. The Hall–Kier alpha value is -0.570. The molecule has 4 unspecified atom stereocenters. The molecule has 0 amide bonds. The quantitative estimate of drug-likeness (QED) is 0.730. The third-order valence-corrected chi connectivity index (χ3v) is 4.22. The van der Waals surface area contributed by atoms with Gasteiger partial charge in [-0.05, 0) is 50.0 Å². The topological polar surface area (TPSA) is 49.3 Å². The van der Waals surface area contributed by atoms with Crippen LogP contribution in [0.2, 0.25) is 0 Å². The lowest BCUT2D eigenvalue weighted by molar-refractivity contribution is -0.139. The Morgan fingerprint density at radius 2 is 2.27 bits per heavy atom. The van der Waals surface area contributed by atoms with Crippen molar-refractivity contribution in [2.45, 2.75) is 45.1 Å². The van der Waals surface area contributed by atoms with E-state index in [0.29, 0.717) is 6.42 Å². The van der Waals surface area contributed by atoms with Crippen molar-refractivity contribution in [1.29, 1.82) is 0 Å². The summed E-state index contributed by atoms with van der Waals surface area (Å²) in [5.41, 5.74) is 0. The molecule has 2 saturated carbocycles. The fourth-order valence-electron chi connectivity index (χ4n) is 3.33. The molecule has 2 aliphatic rings. The maximum atomic E-state index is 10.8. The molecule has 0 aromatic carbocycles. The van der Waals surface area contributed by atoms with E-state index in [2.05, 4.69) is 5.32 Å². The van der Waals surface area contributed by atoms with Crippen LogP contribution in [0.3, 0.4) is 0 Å². The molecule has 2 bridgehead atoms. The standard InChI is InChI=1S/C12H21NO2/c1-2-11(12(14)15)13-7-10-6-8-3-4-9(10)5-8/h8-11,13H,2-7H2,1H3,(H,14,15). The van der Waals surface area contributed by atoms with Crippen molar-refractivity contribution < 1.29 is 9.90 Å². The molecule has 0 aliphatic heterocycles. The molecule has 2 N–H and O–H groups in total. The van der Waals surface area contributed by atoms with Gasteiger partial charge in [0.2, 0.25) is 0 Å². The largest absolute Gasteiger partial charge is 0.480 e. The van der Waals surface area contributed by atoms with E-state index in [4.69, 9.17) is 5.11 Å². The van der Waals surface area contributed by atoms with Crippen LogP contribution < -0.4 is 5.32 Å². The van der Waals surface area contributed by atoms with Crippen molar-refractivity contribution in [3.05, 3.63) is 0 Å². The molecule has 2 rings (SSSR count). The second kappa shape index (κ2) is 4.52. The van der Waals surface area contributed by atoms with E-state index in [0.717, 1.165) is 24.3 Å². The molecule has 0 saturated heterocycles. The lowest BCUT2D eigenvalue weighted by atomic mass is 9.88. The molecule has 3 heteroatoms. The maximum Gasteiger partial charge on any atom is 0.320 e. The summed E-state index contributed by atoms with van der Waals surface area (Å²) in [5.74, 6) is 1.87. The smallest absolute Gasteiger partial charge is 0.320 e.